The SMILES string of the molecule is COc1ccc(NC(=O)CSc2nnc(COc3ccccc3)n2C)c(OC)c1. The van der Waals surface area contributed by atoms with Crippen molar-refractivity contribution in [2.75, 3.05) is 25.3 Å². The molecule has 3 aromatic rings. The average Bonchev–Trinajstić information content (AvgIpc) is 3.11. The van der Waals surface area contributed by atoms with Gasteiger partial charge >= 0.3 is 0 Å². The quantitative estimate of drug-likeness (QED) is 0.538. The number of nitrogens with one attached hydrogen (secondary N) is 1. The number of carbonyl (C=O) groups is 1. The van der Waals surface area contributed by atoms with Crippen molar-refractivity contribution in [3.8, 4) is 17.2 Å². The molecule has 0 radical (unpaired) electrons. The normalized spacial score (nSPS) is 10.4. The maximum atomic E-state index is 12.3. The number of anilines is 1. The van der Waals surface area contributed by atoms with Gasteiger partial charge in [0.05, 0.1) is 25.7 Å². The molecule has 9 heteroatoms. The first-order valence-corrected chi connectivity index (χ1v) is 9.80. The van der Waals surface area contributed by atoms with E-state index in [-0.39, 0.29) is 11.7 Å². The number of rotatable bonds is 9. The van der Waals surface area contributed by atoms with Gasteiger partial charge in [0.15, 0.2) is 11.0 Å². The van der Waals surface area contributed by atoms with Crippen LogP contribution in [-0.4, -0.2) is 40.6 Å². The molecule has 0 fully saturated rings. The van der Waals surface area contributed by atoms with Crippen LogP contribution >= 0.6 is 11.8 Å². The van der Waals surface area contributed by atoms with Crippen molar-refractivity contribution >= 4 is 23.4 Å². The van der Waals surface area contributed by atoms with E-state index in [1.807, 2.05) is 41.9 Å². The summed E-state index contributed by atoms with van der Waals surface area (Å²) >= 11 is 1.29. The van der Waals surface area contributed by atoms with Crippen LogP contribution in [0.3, 0.4) is 0 Å². The van der Waals surface area contributed by atoms with Crippen LogP contribution in [0.25, 0.3) is 0 Å². The molecule has 0 bridgehead atoms. The Labute approximate surface area is 173 Å². The second kappa shape index (κ2) is 9.83. The lowest BCUT2D eigenvalue weighted by atomic mass is 10.2. The summed E-state index contributed by atoms with van der Waals surface area (Å²) in [5.74, 6) is 2.62. The van der Waals surface area contributed by atoms with E-state index in [9.17, 15) is 4.79 Å². The van der Waals surface area contributed by atoms with Gasteiger partial charge in [-0.1, -0.05) is 30.0 Å². The van der Waals surface area contributed by atoms with E-state index in [4.69, 9.17) is 14.2 Å². The molecule has 0 spiro atoms. The average molecular weight is 414 g/mol. The third-order valence-corrected chi connectivity index (χ3v) is 5.07. The Morgan fingerprint density at radius 1 is 1.07 bits per heavy atom. The molecule has 152 valence electrons. The Morgan fingerprint density at radius 2 is 1.86 bits per heavy atom. The Bertz CT molecular complexity index is 962. The predicted molar refractivity (Wildman–Crippen MR) is 111 cm³/mol. The highest BCUT2D eigenvalue weighted by atomic mass is 32.2. The molecule has 0 atom stereocenters. The van der Waals surface area contributed by atoms with Crippen LogP contribution in [0.4, 0.5) is 5.69 Å². The molecule has 29 heavy (non-hydrogen) atoms. The lowest BCUT2D eigenvalue weighted by Crippen LogP contribution is -2.15. The fraction of sp³-hybridized carbons (Fsp3) is 0.250. The molecule has 8 nitrogen and oxygen atoms in total. The molecule has 0 unspecified atom stereocenters. The van der Waals surface area contributed by atoms with Gasteiger partial charge in [-0.15, -0.1) is 10.2 Å². The fourth-order valence-corrected chi connectivity index (χ4v) is 3.21. The zero-order valence-electron chi connectivity index (χ0n) is 16.4. The third-order valence-electron chi connectivity index (χ3n) is 4.05. The van der Waals surface area contributed by atoms with E-state index >= 15 is 0 Å². The molecule has 0 aliphatic heterocycles. The molecule has 0 saturated carbocycles. The molecule has 1 heterocycles. The van der Waals surface area contributed by atoms with Gasteiger partial charge in [0.25, 0.3) is 0 Å². The molecule has 0 aliphatic carbocycles. The Morgan fingerprint density at radius 3 is 2.59 bits per heavy atom. The Hall–Kier alpha value is -3.20. The van der Waals surface area contributed by atoms with Crippen LogP contribution < -0.4 is 19.5 Å². The van der Waals surface area contributed by atoms with Crippen molar-refractivity contribution in [2.24, 2.45) is 7.05 Å². The highest BCUT2D eigenvalue weighted by Crippen LogP contribution is 2.29. The summed E-state index contributed by atoms with van der Waals surface area (Å²) in [5.41, 5.74) is 0.578. The minimum absolute atomic E-state index is 0.177. The summed E-state index contributed by atoms with van der Waals surface area (Å²) < 4.78 is 18.0. The van der Waals surface area contributed by atoms with E-state index in [0.717, 1.165) is 5.75 Å². The largest absolute Gasteiger partial charge is 0.497 e. The molecule has 0 saturated heterocycles. The number of ether oxygens (including phenoxy) is 3. The number of nitrogens with zero attached hydrogens (tertiary/aromatic N) is 3. The molecular weight excluding hydrogens is 392 g/mol. The molecular formula is C20H22N4O4S. The molecule has 1 aromatic heterocycles. The van der Waals surface area contributed by atoms with E-state index in [1.54, 1.807) is 25.3 Å². The van der Waals surface area contributed by atoms with Gasteiger partial charge in [0, 0.05) is 13.1 Å². The molecule has 2 aromatic carbocycles. The smallest absolute Gasteiger partial charge is 0.234 e. The number of carbonyl (C=O) groups excluding carboxylic acids is 1. The van der Waals surface area contributed by atoms with Crippen LogP contribution in [-0.2, 0) is 18.4 Å². The van der Waals surface area contributed by atoms with Crippen LogP contribution in [0, 0.1) is 0 Å². The topological polar surface area (TPSA) is 87.5 Å². The Kier molecular flexibility index (Phi) is 6.96. The fourth-order valence-electron chi connectivity index (χ4n) is 2.48. The second-order valence-electron chi connectivity index (χ2n) is 5.96. The van der Waals surface area contributed by atoms with Crippen LogP contribution in [0.5, 0.6) is 17.2 Å². The summed E-state index contributed by atoms with van der Waals surface area (Å²) in [6.07, 6.45) is 0. The summed E-state index contributed by atoms with van der Waals surface area (Å²) in [7, 11) is 4.96. The third kappa shape index (κ3) is 5.41. The molecule has 0 aliphatic rings. The first kappa shape index (κ1) is 20.5. The van der Waals surface area contributed by atoms with Crippen molar-refractivity contribution in [3.05, 3.63) is 54.4 Å². The van der Waals surface area contributed by atoms with Crippen molar-refractivity contribution < 1.29 is 19.0 Å². The molecule has 1 amide bonds. The van der Waals surface area contributed by atoms with Crippen molar-refractivity contribution in [1.82, 2.24) is 14.8 Å². The maximum Gasteiger partial charge on any atom is 0.234 e. The minimum Gasteiger partial charge on any atom is -0.497 e. The second-order valence-corrected chi connectivity index (χ2v) is 6.91. The van der Waals surface area contributed by atoms with Crippen molar-refractivity contribution in [2.45, 2.75) is 11.8 Å². The van der Waals surface area contributed by atoms with E-state index in [0.29, 0.717) is 34.8 Å². The number of para-hydroxylation sites is 1. The maximum absolute atomic E-state index is 12.3. The van der Waals surface area contributed by atoms with E-state index < -0.39 is 0 Å². The summed E-state index contributed by atoms with van der Waals surface area (Å²) in [6.45, 7) is 0.295. The van der Waals surface area contributed by atoms with Gasteiger partial charge < -0.3 is 24.1 Å². The van der Waals surface area contributed by atoms with Crippen molar-refractivity contribution in [3.63, 3.8) is 0 Å². The van der Waals surface area contributed by atoms with Gasteiger partial charge in [-0.2, -0.15) is 0 Å². The minimum atomic E-state index is -0.177. The first-order valence-electron chi connectivity index (χ1n) is 8.81. The zero-order valence-corrected chi connectivity index (χ0v) is 17.2. The number of hydrogen-bond acceptors (Lipinski definition) is 7. The van der Waals surface area contributed by atoms with E-state index in [2.05, 4.69) is 15.5 Å². The lowest BCUT2D eigenvalue weighted by Gasteiger charge is -2.11. The van der Waals surface area contributed by atoms with E-state index in [1.165, 1.54) is 18.9 Å². The summed E-state index contributed by atoms with van der Waals surface area (Å²) in [6, 6.07) is 14.7. The number of methoxy groups -OCH3 is 2. The number of aromatic nitrogens is 3. The van der Waals surface area contributed by atoms with Crippen molar-refractivity contribution in [1.29, 1.82) is 0 Å². The van der Waals surface area contributed by atoms with Gasteiger partial charge in [-0.3, -0.25) is 4.79 Å². The predicted octanol–water partition coefficient (Wildman–Crippen LogP) is 3.14. The highest BCUT2D eigenvalue weighted by molar-refractivity contribution is 7.99. The summed E-state index contributed by atoms with van der Waals surface area (Å²) in [4.78, 5) is 12.3. The van der Waals surface area contributed by atoms with Gasteiger partial charge in [-0.05, 0) is 24.3 Å². The standard InChI is InChI=1S/C20H22N4O4S/c1-24-18(12-28-14-7-5-4-6-8-14)22-23-20(24)29-13-19(25)21-16-10-9-15(26-2)11-17(16)27-3/h4-11H,12-13H2,1-3H3,(H,21,25). The monoisotopic (exact) mass is 414 g/mol. The zero-order chi connectivity index (χ0) is 20.6. The summed E-state index contributed by atoms with van der Waals surface area (Å²) in [5, 5.41) is 11.7. The van der Waals surface area contributed by atoms with Crippen LogP contribution in [0.15, 0.2) is 53.7 Å². The van der Waals surface area contributed by atoms with Gasteiger partial charge in [0.2, 0.25) is 5.91 Å². The number of hydrogen-bond donors (Lipinski definition) is 1. The lowest BCUT2D eigenvalue weighted by molar-refractivity contribution is -0.113. The number of benzene rings is 2. The first-order chi connectivity index (χ1) is 14.1. The molecule has 3 rings (SSSR count). The van der Waals surface area contributed by atoms with Gasteiger partial charge in [-0.25, -0.2) is 0 Å². The Balaban J connectivity index is 1.55. The number of amides is 1. The van der Waals surface area contributed by atoms with Crippen LogP contribution in [0.2, 0.25) is 0 Å². The van der Waals surface area contributed by atoms with Gasteiger partial charge in [0.1, 0.15) is 23.9 Å². The number of thioether (sulfide) groups is 1. The molecule has 1 N–H and O–H groups in total. The highest BCUT2D eigenvalue weighted by Gasteiger charge is 2.14. The van der Waals surface area contributed by atoms with Crippen LogP contribution in [0.1, 0.15) is 5.82 Å².